The minimum absolute atomic E-state index is 0.148. The quantitative estimate of drug-likeness (QED) is 0.303. The van der Waals surface area contributed by atoms with Gasteiger partial charge in [-0.15, -0.1) is 0 Å². The van der Waals surface area contributed by atoms with Gasteiger partial charge in [-0.2, -0.15) is 0 Å². The molecule has 0 spiro atoms. The molecule has 0 aliphatic carbocycles. The van der Waals surface area contributed by atoms with Crippen LogP contribution < -0.4 is 20.9 Å². The summed E-state index contributed by atoms with van der Waals surface area (Å²) < 4.78 is 5.26. The molecule has 4 rings (SSSR count). The van der Waals surface area contributed by atoms with Crippen LogP contribution in [-0.2, 0) is 11.3 Å². The normalized spacial score (nSPS) is 10.9. The Morgan fingerprint density at radius 1 is 0.973 bits per heavy atom. The van der Waals surface area contributed by atoms with Crippen LogP contribution in [0.1, 0.15) is 29.5 Å². The molecular weight excluding hydrogens is 470 g/mol. The zero-order valence-corrected chi connectivity index (χ0v) is 20.8. The van der Waals surface area contributed by atoms with Gasteiger partial charge >= 0.3 is 0 Å². The zero-order chi connectivity index (χ0) is 26.2. The number of carbonyl (C=O) groups is 2. The fraction of sp³-hybridized carbons (Fsp3) is 0.214. The van der Waals surface area contributed by atoms with Crippen molar-refractivity contribution in [2.75, 3.05) is 30.8 Å². The molecule has 2 amide bonds. The van der Waals surface area contributed by atoms with Crippen LogP contribution in [0.2, 0.25) is 0 Å². The van der Waals surface area contributed by atoms with E-state index < -0.39 is 0 Å². The summed E-state index contributed by atoms with van der Waals surface area (Å²) in [6, 6.07) is 21.1. The van der Waals surface area contributed by atoms with E-state index in [-0.39, 0.29) is 23.8 Å². The van der Waals surface area contributed by atoms with Gasteiger partial charge in [-0.3, -0.25) is 19.3 Å². The Kier molecular flexibility index (Phi) is 8.27. The maximum atomic E-state index is 12.6. The smallest absolute Gasteiger partial charge is 0.258 e. The third-order valence-corrected chi connectivity index (χ3v) is 5.92. The van der Waals surface area contributed by atoms with Crippen molar-refractivity contribution >= 4 is 34.1 Å². The predicted molar refractivity (Wildman–Crippen MR) is 144 cm³/mol. The lowest BCUT2D eigenvalue weighted by Crippen LogP contribution is -2.29. The van der Waals surface area contributed by atoms with Crippen molar-refractivity contribution in [2.24, 2.45) is 0 Å². The number of fused-ring (bicyclic) bond motifs is 1. The summed E-state index contributed by atoms with van der Waals surface area (Å²) in [7, 11) is 1.54. The number of benzene rings is 3. The summed E-state index contributed by atoms with van der Waals surface area (Å²) in [5, 5.41) is 6.24. The molecule has 1 aromatic heterocycles. The minimum atomic E-state index is -0.277. The molecule has 37 heavy (non-hydrogen) atoms. The van der Waals surface area contributed by atoms with Gasteiger partial charge in [0.2, 0.25) is 5.91 Å². The van der Waals surface area contributed by atoms with E-state index in [4.69, 9.17) is 4.74 Å². The van der Waals surface area contributed by atoms with E-state index in [9.17, 15) is 14.4 Å². The number of ether oxygens (including phenoxy) is 1. The van der Waals surface area contributed by atoms with Crippen molar-refractivity contribution in [2.45, 2.75) is 19.9 Å². The van der Waals surface area contributed by atoms with Crippen LogP contribution in [0.25, 0.3) is 10.9 Å². The number of H-pyrrole nitrogens is 1. The number of aromatic amines is 1. The molecule has 3 aromatic carbocycles. The Hall–Kier alpha value is -4.50. The number of rotatable bonds is 10. The summed E-state index contributed by atoms with van der Waals surface area (Å²) in [6.45, 7) is 3.61. The van der Waals surface area contributed by atoms with Crippen LogP contribution in [-0.4, -0.2) is 46.9 Å². The van der Waals surface area contributed by atoms with Crippen molar-refractivity contribution in [3.05, 3.63) is 94.5 Å². The monoisotopic (exact) mass is 499 g/mol. The molecule has 1 heterocycles. The van der Waals surface area contributed by atoms with E-state index >= 15 is 0 Å². The standard InChI is InChI=1S/C28H29N5O4/c1-3-33(18-25-30-22-9-5-4-8-21(22)28(36)32-25)17-16-26(34)29-20-14-12-19(13-15-20)27(35)31-23-10-6-7-11-24(23)37-2/h4-15H,3,16-18H2,1-2H3,(H,29,34)(H,31,35)(H,30,32,36). The van der Waals surface area contributed by atoms with Crippen LogP contribution in [0, 0.1) is 0 Å². The van der Waals surface area contributed by atoms with Gasteiger partial charge in [0.1, 0.15) is 11.6 Å². The molecule has 4 aromatic rings. The molecule has 0 aliphatic heterocycles. The van der Waals surface area contributed by atoms with Crippen LogP contribution in [0.5, 0.6) is 5.75 Å². The summed E-state index contributed by atoms with van der Waals surface area (Å²) in [6.07, 6.45) is 0.266. The number of carbonyl (C=O) groups excluding carboxylic acids is 2. The third-order valence-electron chi connectivity index (χ3n) is 5.92. The van der Waals surface area contributed by atoms with Gasteiger partial charge in [0.05, 0.1) is 30.2 Å². The van der Waals surface area contributed by atoms with Crippen molar-refractivity contribution in [3.8, 4) is 5.75 Å². The zero-order valence-electron chi connectivity index (χ0n) is 20.8. The maximum absolute atomic E-state index is 12.6. The van der Waals surface area contributed by atoms with E-state index in [0.29, 0.717) is 59.0 Å². The highest BCUT2D eigenvalue weighted by Gasteiger charge is 2.12. The minimum Gasteiger partial charge on any atom is -0.495 e. The highest BCUT2D eigenvalue weighted by atomic mass is 16.5. The second-order valence-electron chi connectivity index (χ2n) is 8.43. The first-order valence-electron chi connectivity index (χ1n) is 12.0. The third kappa shape index (κ3) is 6.59. The topological polar surface area (TPSA) is 116 Å². The molecule has 9 nitrogen and oxygen atoms in total. The predicted octanol–water partition coefficient (Wildman–Crippen LogP) is 4.03. The Bertz CT molecular complexity index is 1450. The molecule has 0 saturated carbocycles. The van der Waals surface area contributed by atoms with Crippen LogP contribution >= 0.6 is 0 Å². The van der Waals surface area contributed by atoms with Crippen molar-refractivity contribution in [1.29, 1.82) is 0 Å². The van der Waals surface area contributed by atoms with Crippen LogP contribution in [0.4, 0.5) is 11.4 Å². The maximum Gasteiger partial charge on any atom is 0.258 e. The average molecular weight is 500 g/mol. The van der Waals surface area contributed by atoms with Gasteiger partial charge in [0, 0.05) is 24.2 Å². The molecule has 0 unspecified atom stereocenters. The van der Waals surface area contributed by atoms with E-state index in [0.717, 1.165) is 0 Å². The van der Waals surface area contributed by atoms with Gasteiger partial charge in [0.25, 0.3) is 11.5 Å². The Labute approximate surface area is 214 Å². The lowest BCUT2D eigenvalue weighted by molar-refractivity contribution is -0.116. The largest absolute Gasteiger partial charge is 0.495 e. The van der Waals surface area contributed by atoms with Crippen LogP contribution in [0.15, 0.2) is 77.6 Å². The first-order chi connectivity index (χ1) is 18.0. The highest BCUT2D eigenvalue weighted by molar-refractivity contribution is 6.05. The number of nitrogens with zero attached hydrogens (tertiary/aromatic N) is 2. The second-order valence-corrected chi connectivity index (χ2v) is 8.43. The molecule has 190 valence electrons. The molecular formula is C28H29N5O4. The summed E-state index contributed by atoms with van der Waals surface area (Å²) in [5.41, 5.74) is 2.11. The van der Waals surface area contributed by atoms with E-state index in [2.05, 4.69) is 20.6 Å². The van der Waals surface area contributed by atoms with E-state index in [1.165, 1.54) is 0 Å². The lowest BCUT2D eigenvalue weighted by Gasteiger charge is -2.19. The highest BCUT2D eigenvalue weighted by Crippen LogP contribution is 2.24. The average Bonchev–Trinajstić information content (AvgIpc) is 2.91. The number of anilines is 2. The summed E-state index contributed by atoms with van der Waals surface area (Å²) in [4.78, 5) is 46.8. The number of amides is 2. The van der Waals surface area contributed by atoms with Crippen molar-refractivity contribution in [3.63, 3.8) is 0 Å². The molecule has 0 atom stereocenters. The van der Waals surface area contributed by atoms with Crippen molar-refractivity contribution < 1.29 is 14.3 Å². The molecule has 0 saturated heterocycles. The molecule has 0 bridgehead atoms. The summed E-state index contributed by atoms with van der Waals surface area (Å²) >= 11 is 0. The first-order valence-corrected chi connectivity index (χ1v) is 12.0. The van der Waals surface area contributed by atoms with Gasteiger partial charge in [-0.05, 0) is 55.1 Å². The number of para-hydroxylation sites is 3. The number of hydrogen-bond acceptors (Lipinski definition) is 6. The summed E-state index contributed by atoms with van der Waals surface area (Å²) in [5.74, 6) is 0.711. The lowest BCUT2D eigenvalue weighted by atomic mass is 10.2. The first kappa shape index (κ1) is 25.6. The Balaban J connectivity index is 1.30. The Morgan fingerprint density at radius 2 is 1.70 bits per heavy atom. The van der Waals surface area contributed by atoms with Crippen molar-refractivity contribution in [1.82, 2.24) is 14.9 Å². The number of methoxy groups -OCH3 is 1. The van der Waals surface area contributed by atoms with E-state index in [1.807, 2.05) is 36.1 Å². The van der Waals surface area contributed by atoms with Gasteiger partial charge in [-0.25, -0.2) is 4.98 Å². The number of hydrogen-bond donors (Lipinski definition) is 3. The molecule has 0 radical (unpaired) electrons. The number of aromatic nitrogens is 2. The van der Waals surface area contributed by atoms with Gasteiger partial charge in [-0.1, -0.05) is 31.2 Å². The van der Waals surface area contributed by atoms with E-state index in [1.54, 1.807) is 55.6 Å². The fourth-order valence-electron chi connectivity index (χ4n) is 3.90. The number of nitrogens with one attached hydrogen (secondary N) is 3. The molecule has 0 fully saturated rings. The molecule has 3 N–H and O–H groups in total. The SMILES string of the molecule is CCN(CCC(=O)Nc1ccc(C(=O)Nc2ccccc2OC)cc1)Cc1nc2ccccc2c(=O)[nH]1. The van der Waals surface area contributed by atoms with Crippen LogP contribution in [0.3, 0.4) is 0 Å². The Morgan fingerprint density at radius 3 is 2.46 bits per heavy atom. The van der Waals surface area contributed by atoms with Gasteiger partial charge in [0.15, 0.2) is 0 Å². The molecule has 0 aliphatic rings. The second kappa shape index (κ2) is 12.0. The molecule has 9 heteroatoms. The van der Waals surface area contributed by atoms with Gasteiger partial charge < -0.3 is 20.4 Å². The fourth-order valence-corrected chi connectivity index (χ4v) is 3.90.